The van der Waals surface area contributed by atoms with Crippen molar-refractivity contribution < 1.29 is 4.79 Å². The van der Waals surface area contributed by atoms with Gasteiger partial charge in [-0.15, -0.1) is 0 Å². The van der Waals surface area contributed by atoms with E-state index >= 15 is 0 Å². The Kier molecular flexibility index (Phi) is 3.27. The minimum atomic E-state index is 0.147. The molecule has 2 atom stereocenters. The zero-order valence-electron chi connectivity index (χ0n) is 10.9. The second-order valence-corrected chi connectivity index (χ2v) is 5.46. The fourth-order valence-electron chi connectivity index (χ4n) is 3.01. The minimum Gasteiger partial charge on any atom is -0.325 e. The van der Waals surface area contributed by atoms with Crippen LogP contribution in [0.4, 0.5) is 5.69 Å². The van der Waals surface area contributed by atoms with Crippen LogP contribution in [0, 0.1) is 29.6 Å². The van der Waals surface area contributed by atoms with E-state index in [0.717, 1.165) is 35.9 Å². The Morgan fingerprint density at radius 2 is 2.00 bits per heavy atom. The van der Waals surface area contributed by atoms with Gasteiger partial charge in [0.2, 0.25) is 5.91 Å². The van der Waals surface area contributed by atoms with Gasteiger partial charge in [-0.25, -0.2) is 0 Å². The van der Waals surface area contributed by atoms with E-state index in [9.17, 15) is 4.79 Å². The molecule has 0 saturated heterocycles. The molecule has 0 bridgehead atoms. The lowest BCUT2D eigenvalue weighted by Gasteiger charge is -2.13. The van der Waals surface area contributed by atoms with E-state index in [4.69, 9.17) is 5.73 Å². The Morgan fingerprint density at radius 1 is 1.26 bits per heavy atom. The third-order valence-electron chi connectivity index (χ3n) is 4.12. The molecule has 2 saturated carbocycles. The summed E-state index contributed by atoms with van der Waals surface area (Å²) < 4.78 is 0. The highest BCUT2D eigenvalue weighted by atomic mass is 16.1. The lowest BCUT2D eigenvalue weighted by atomic mass is 10.0. The lowest BCUT2D eigenvalue weighted by Crippen LogP contribution is -2.22. The van der Waals surface area contributed by atoms with E-state index in [1.54, 1.807) is 0 Å². The van der Waals surface area contributed by atoms with E-state index in [-0.39, 0.29) is 11.8 Å². The van der Waals surface area contributed by atoms with Crippen molar-refractivity contribution in [1.29, 1.82) is 0 Å². The van der Waals surface area contributed by atoms with Crippen molar-refractivity contribution in [2.45, 2.75) is 19.3 Å². The van der Waals surface area contributed by atoms with Gasteiger partial charge in [0.05, 0.1) is 12.2 Å². The highest BCUT2D eigenvalue weighted by molar-refractivity contribution is 5.94. The number of fused-ring (bicyclic) bond motifs is 1. The summed E-state index contributed by atoms with van der Waals surface area (Å²) in [6.07, 6.45) is 3.46. The summed E-state index contributed by atoms with van der Waals surface area (Å²) in [5, 5.41) is 3.02. The second kappa shape index (κ2) is 5.07. The number of benzene rings is 1. The van der Waals surface area contributed by atoms with Crippen molar-refractivity contribution in [2.75, 3.05) is 11.9 Å². The number of rotatable bonds is 2. The number of nitrogens with two attached hydrogens (primary N) is 1. The van der Waals surface area contributed by atoms with Crippen LogP contribution >= 0.6 is 0 Å². The highest BCUT2D eigenvalue weighted by Gasteiger charge is 2.47. The second-order valence-electron chi connectivity index (χ2n) is 5.46. The molecule has 3 heteroatoms. The summed E-state index contributed by atoms with van der Waals surface area (Å²) in [7, 11) is 0. The first-order chi connectivity index (χ1) is 9.28. The average Bonchev–Trinajstić information content (AvgIpc) is 3.04. The molecule has 1 aromatic rings. The van der Waals surface area contributed by atoms with Crippen LogP contribution in [0.25, 0.3) is 0 Å². The molecule has 2 unspecified atom stereocenters. The van der Waals surface area contributed by atoms with Crippen LogP contribution < -0.4 is 11.1 Å². The Balaban J connectivity index is 1.70. The van der Waals surface area contributed by atoms with Crippen LogP contribution in [0.3, 0.4) is 0 Å². The fraction of sp³-hybridized carbons (Fsp3) is 0.438. The number of hydrogen-bond donors (Lipinski definition) is 2. The standard InChI is InChI=1S/C16H18N2O/c17-7-3-5-11-4-1-2-6-15(11)18-16(19)14-9-12-8-13(12)10-14/h1-2,4,6,12-14H,7-10,17H2,(H,18,19). The Morgan fingerprint density at radius 3 is 2.74 bits per heavy atom. The van der Waals surface area contributed by atoms with Crippen molar-refractivity contribution >= 4 is 11.6 Å². The van der Waals surface area contributed by atoms with Gasteiger partial charge in [0, 0.05) is 11.5 Å². The summed E-state index contributed by atoms with van der Waals surface area (Å²) in [4.78, 5) is 12.2. The molecule has 0 aliphatic heterocycles. The van der Waals surface area contributed by atoms with Crippen LogP contribution in [0.15, 0.2) is 24.3 Å². The van der Waals surface area contributed by atoms with Crippen molar-refractivity contribution in [2.24, 2.45) is 23.5 Å². The number of carbonyl (C=O) groups excluding carboxylic acids is 1. The van der Waals surface area contributed by atoms with Crippen molar-refractivity contribution in [3.8, 4) is 11.8 Å². The summed E-state index contributed by atoms with van der Waals surface area (Å²) in [5.41, 5.74) is 7.02. The zero-order valence-corrected chi connectivity index (χ0v) is 10.9. The first-order valence-electron chi connectivity index (χ1n) is 6.86. The maximum Gasteiger partial charge on any atom is 0.227 e. The fourth-order valence-corrected chi connectivity index (χ4v) is 3.01. The predicted molar refractivity (Wildman–Crippen MR) is 75.3 cm³/mol. The van der Waals surface area contributed by atoms with Crippen LogP contribution in [0.5, 0.6) is 0 Å². The molecule has 0 radical (unpaired) electrons. The van der Waals surface area contributed by atoms with Gasteiger partial charge >= 0.3 is 0 Å². The number of para-hydroxylation sites is 1. The number of carbonyl (C=O) groups is 1. The van der Waals surface area contributed by atoms with E-state index in [0.29, 0.717) is 6.54 Å². The van der Waals surface area contributed by atoms with E-state index in [2.05, 4.69) is 17.2 Å². The maximum absolute atomic E-state index is 12.2. The van der Waals surface area contributed by atoms with Crippen LogP contribution in [0.1, 0.15) is 24.8 Å². The first kappa shape index (κ1) is 12.3. The van der Waals surface area contributed by atoms with Gasteiger partial charge < -0.3 is 11.1 Å². The molecule has 1 amide bonds. The van der Waals surface area contributed by atoms with Crippen LogP contribution in [0.2, 0.25) is 0 Å². The van der Waals surface area contributed by atoms with Crippen molar-refractivity contribution in [3.05, 3.63) is 29.8 Å². The van der Waals surface area contributed by atoms with Crippen molar-refractivity contribution in [1.82, 2.24) is 0 Å². The Labute approximate surface area is 113 Å². The van der Waals surface area contributed by atoms with Gasteiger partial charge in [0.15, 0.2) is 0 Å². The normalized spacial score (nSPS) is 27.1. The smallest absolute Gasteiger partial charge is 0.227 e. The number of nitrogens with one attached hydrogen (secondary N) is 1. The predicted octanol–water partition coefficient (Wildman–Crippen LogP) is 1.98. The number of anilines is 1. The first-order valence-corrected chi connectivity index (χ1v) is 6.86. The molecule has 2 fully saturated rings. The molecule has 3 nitrogen and oxygen atoms in total. The number of amides is 1. The molecule has 19 heavy (non-hydrogen) atoms. The topological polar surface area (TPSA) is 55.1 Å². The quantitative estimate of drug-likeness (QED) is 0.793. The molecular formula is C16H18N2O. The lowest BCUT2D eigenvalue weighted by molar-refractivity contribution is -0.120. The molecule has 3 N–H and O–H groups in total. The van der Waals surface area contributed by atoms with Crippen LogP contribution in [-0.2, 0) is 4.79 Å². The van der Waals surface area contributed by atoms with Gasteiger partial charge in [-0.1, -0.05) is 24.0 Å². The van der Waals surface area contributed by atoms with Gasteiger partial charge in [0.1, 0.15) is 0 Å². The Bertz CT molecular complexity index is 545. The Hall–Kier alpha value is -1.79. The molecule has 0 spiro atoms. The highest BCUT2D eigenvalue weighted by Crippen LogP contribution is 2.54. The summed E-state index contributed by atoms with van der Waals surface area (Å²) >= 11 is 0. The maximum atomic E-state index is 12.2. The van der Waals surface area contributed by atoms with Gasteiger partial charge in [-0.2, -0.15) is 0 Å². The minimum absolute atomic E-state index is 0.147. The largest absolute Gasteiger partial charge is 0.325 e. The molecule has 3 rings (SSSR count). The molecule has 98 valence electrons. The van der Waals surface area contributed by atoms with E-state index < -0.39 is 0 Å². The molecule has 2 aliphatic carbocycles. The van der Waals surface area contributed by atoms with Gasteiger partial charge in [-0.3, -0.25) is 4.79 Å². The zero-order chi connectivity index (χ0) is 13.2. The molecule has 0 heterocycles. The monoisotopic (exact) mass is 254 g/mol. The molecule has 1 aromatic carbocycles. The van der Waals surface area contributed by atoms with Gasteiger partial charge in [0.25, 0.3) is 0 Å². The number of hydrogen-bond acceptors (Lipinski definition) is 2. The average molecular weight is 254 g/mol. The summed E-state index contributed by atoms with van der Waals surface area (Å²) in [6, 6.07) is 7.63. The van der Waals surface area contributed by atoms with E-state index in [1.807, 2.05) is 24.3 Å². The molecular weight excluding hydrogens is 236 g/mol. The third kappa shape index (κ3) is 2.64. The summed E-state index contributed by atoms with van der Waals surface area (Å²) in [5.74, 6) is 7.81. The van der Waals surface area contributed by atoms with Gasteiger partial charge in [-0.05, 0) is 43.2 Å². The summed E-state index contributed by atoms with van der Waals surface area (Å²) in [6.45, 7) is 0.328. The van der Waals surface area contributed by atoms with E-state index in [1.165, 1.54) is 6.42 Å². The van der Waals surface area contributed by atoms with Crippen LogP contribution in [-0.4, -0.2) is 12.5 Å². The third-order valence-corrected chi connectivity index (χ3v) is 4.12. The molecule has 0 aromatic heterocycles. The molecule has 2 aliphatic rings. The van der Waals surface area contributed by atoms with Crippen molar-refractivity contribution in [3.63, 3.8) is 0 Å². The SMILES string of the molecule is NCC#Cc1ccccc1NC(=O)C1CC2CC2C1.